The highest BCUT2D eigenvalue weighted by Crippen LogP contribution is 2.11. The predicted octanol–water partition coefficient (Wildman–Crippen LogP) is -0.616. The molecular formula is C14H24N4O3. The Balaban J connectivity index is 0.000000423. The first-order valence-corrected chi connectivity index (χ1v) is 6.55. The zero-order chi connectivity index (χ0) is 16.5. The molecule has 0 amide bonds. The van der Waals surface area contributed by atoms with Gasteiger partial charge in [-0.2, -0.15) is 0 Å². The molecule has 0 spiro atoms. The minimum Gasteiger partial charge on any atom is -0.479 e. The second-order valence-corrected chi connectivity index (χ2v) is 4.65. The predicted molar refractivity (Wildman–Crippen MR) is 80.9 cm³/mol. The van der Waals surface area contributed by atoms with E-state index in [0.717, 1.165) is 0 Å². The van der Waals surface area contributed by atoms with Gasteiger partial charge in [-0.25, -0.2) is 4.79 Å². The third-order valence-electron chi connectivity index (χ3n) is 3.04. The molecule has 0 aromatic heterocycles. The van der Waals surface area contributed by atoms with Crippen LogP contribution in [0.4, 0.5) is 0 Å². The van der Waals surface area contributed by atoms with Crippen LogP contribution in [0.3, 0.4) is 0 Å². The number of carbonyl (C=O) groups excluding carboxylic acids is 1. The smallest absolute Gasteiger partial charge is 0.339 e. The number of carbonyl (C=O) groups is 2. The van der Waals surface area contributed by atoms with Gasteiger partial charge >= 0.3 is 5.97 Å². The highest BCUT2D eigenvalue weighted by Gasteiger charge is 2.39. The van der Waals surface area contributed by atoms with Crippen molar-refractivity contribution in [3.63, 3.8) is 0 Å². The fourth-order valence-corrected chi connectivity index (χ4v) is 1.42. The number of nitrogens with two attached hydrogens (primary N) is 4. The van der Waals surface area contributed by atoms with E-state index in [1.165, 1.54) is 12.5 Å². The lowest BCUT2D eigenvalue weighted by Crippen LogP contribution is -2.63. The van der Waals surface area contributed by atoms with Gasteiger partial charge in [0.15, 0.2) is 5.66 Å². The van der Waals surface area contributed by atoms with Crippen LogP contribution in [-0.4, -0.2) is 29.1 Å². The molecule has 9 N–H and O–H groups in total. The van der Waals surface area contributed by atoms with Crippen LogP contribution in [0.2, 0.25) is 0 Å². The van der Waals surface area contributed by atoms with Crippen molar-refractivity contribution < 1.29 is 14.7 Å². The van der Waals surface area contributed by atoms with Crippen LogP contribution in [0.1, 0.15) is 18.9 Å². The van der Waals surface area contributed by atoms with Crippen LogP contribution >= 0.6 is 0 Å². The second-order valence-electron chi connectivity index (χ2n) is 4.65. The molecule has 0 fully saturated rings. The molecule has 1 aromatic carbocycles. The summed E-state index contributed by atoms with van der Waals surface area (Å²) in [6.45, 7) is 2.19. The normalized spacial score (nSPS) is 12.0. The molecule has 0 saturated carbocycles. The standard InChI is InChI=1S/C7H15N3O3.C7H9N/c1-4(5(11)2-3-8)7(9,10)6(12)13;8-6-7-4-2-1-3-5-7/h4H,2-3,8-10H2,1H3,(H,12,13);1-5H,6,8H2. The van der Waals surface area contributed by atoms with Gasteiger partial charge in [0.05, 0.1) is 5.92 Å². The summed E-state index contributed by atoms with van der Waals surface area (Å²) < 4.78 is 0. The number of carboxylic acid groups (broad SMARTS) is 1. The zero-order valence-corrected chi connectivity index (χ0v) is 12.2. The molecule has 0 aliphatic carbocycles. The van der Waals surface area contributed by atoms with Crippen molar-refractivity contribution in [1.29, 1.82) is 0 Å². The Labute approximate surface area is 124 Å². The van der Waals surface area contributed by atoms with E-state index in [9.17, 15) is 9.59 Å². The van der Waals surface area contributed by atoms with E-state index in [2.05, 4.69) is 0 Å². The molecule has 0 saturated heterocycles. The van der Waals surface area contributed by atoms with E-state index in [-0.39, 0.29) is 18.7 Å². The van der Waals surface area contributed by atoms with Crippen LogP contribution in [0.25, 0.3) is 0 Å². The second kappa shape index (κ2) is 9.19. The SMILES string of the molecule is CC(C(=O)CCN)C(N)(N)C(=O)O.NCc1ccccc1. The molecule has 7 nitrogen and oxygen atoms in total. The summed E-state index contributed by atoms with van der Waals surface area (Å²) in [4.78, 5) is 21.7. The number of Topliss-reactive ketones (excluding diaryl/α,β-unsaturated/α-hetero) is 1. The van der Waals surface area contributed by atoms with E-state index in [0.29, 0.717) is 6.54 Å². The molecule has 0 aliphatic heterocycles. The van der Waals surface area contributed by atoms with Gasteiger partial charge in [0.1, 0.15) is 5.78 Å². The summed E-state index contributed by atoms with van der Waals surface area (Å²) >= 11 is 0. The van der Waals surface area contributed by atoms with E-state index in [1.807, 2.05) is 30.3 Å². The number of hydrogen-bond acceptors (Lipinski definition) is 6. The molecule has 1 atom stereocenters. The van der Waals surface area contributed by atoms with Crippen molar-refractivity contribution in [2.75, 3.05) is 6.54 Å². The van der Waals surface area contributed by atoms with E-state index in [4.69, 9.17) is 28.0 Å². The first-order valence-electron chi connectivity index (χ1n) is 6.55. The largest absolute Gasteiger partial charge is 0.479 e. The number of ketones is 1. The van der Waals surface area contributed by atoms with Gasteiger partial charge in [0.2, 0.25) is 0 Å². The van der Waals surface area contributed by atoms with Crippen LogP contribution in [0.15, 0.2) is 30.3 Å². The van der Waals surface area contributed by atoms with Crippen molar-refractivity contribution in [3.8, 4) is 0 Å². The van der Waals surface area contributed by atoms with Crippen molar-refractivity contribution in [1.82, 2.24) is 0 Å². The van der Waals surface area contributed by atoms with Crippen LogP contribution in [0, 0.1) is 5.92 Å². The van der Waals surface area contributed by atoms with Gasteiger partial charge < -0.3 is 28.0 Å². The van der Waals surface area contributed by atoms with Crippen LogP contribution < -0.4 is 22.9 Å². The summed E-state index contributed by atoms with van der Waals surface area (Å²) in [6, 6.07) is 9.99. The first kappa shape index (κ1) is 19.2. The lowest BCUT2D eigenvalue weighted by Gasteiger charge is -2.25. The molecule has 21 heavy (non-hydrogen) atoms. The number of hydrogen-bond donors (Lipinski definition) is 5. The molecule has 0 radical (unpaired) electrons. The Kier molecular flexibility index (Phi) is 8.41. The van der Waals surface area contributed by atoms with Crippen LogP contribution in [-0.2, 0) is 16.1 Å². The van der Waals surface area contributed by atoms with E-state index in [1.54, 1.807) is 0 Å². The van der Waals surface area contributed by atoms with Gasteiger partial charge in [0, 0.05) is 13.0 Å². The first-order chi connectivity index (χ1) is 9.77. The summed E-state index contributed by atoms with van der Waals surface area (Å²) in [6.07, 6.45) is 0.0879. The summed E-state index contributed by atoms with van der Waals surface area (Å²) in [7, 11) is 0. The quantitative estimate of drug-likeness (QED) is 0.437. The fourth-order valence-electron chi connectivity index (χ4n) is 1.42. The summed E-state index contributed by atoms with van der Waals surface area (Å²) in [5.74, 6) is -2.67. The molecule has 0 heterocycles. The van der Waals surface area contributed by atoms with Gasteiger partial charge in [-0.05, 0) is 12.1 Å². The highest BCUT2D eigenvalue weighted by molar-refractivity contribution is 5.90. The van der Waals surface area contributed by atoms with Crippen molar-refractivity contribution in [2.24, 2.45) is 28.9 Å². The molecule has 0 bridgehead atoms. The Morgan fingerprint density at radius 1 is 1.19 bits per heavy atom. The number of rotatable bonds is 6. The maximum Gasteiger partial charge on any atom is 0.339 e. The molecule has 118 valence electrons. The maximum atomic E-state index is 11.2. The molecule has 1 aromatic rings. The lowest BCUT2D eigenvalue weighted by atomic mass is 9.90. The van der Waals surface area contributed by atoms with Crippen molar-refractivity contribution >= 4 is 11.8 Å². The third-order valence-corrected chi connectivity index (χ3v) is 3.04. The average molecular weight is 296 g/mol. The Hall–Kier alpha value is -1.80. The zero-order valence-electron chi connectivity index (χ0n) is 12.2. The van der Waals surface area contributed by atoms with Crippen molar-refractivity contribution in [2.45, 2.75) is 25.6 Å². The Morgan fingerprint density at radius 2 is 1.71 bits per heavy atom. The van der Waals surface area contributed by atoms with E-state index >= 15 is 0 Å². The summed E-state index contributed by atoms with van der Waals surface area (Å²) in [5.41, 5.74) is 20.2. The molecule has 0 aliphatic rings. The maximum absolute atomic E-state index is 11.2. The molecule has 7 heteroatoms. The van der Waals surface area contributed by atoms with Crippen LogP contribution in [0.5, 0.6) is 0 Å². The lowest BCUT2D eigenvalue weighted by molar-refractivity contribution is -0.148. The highest BCUT2D eigenvalue weighted by atomic mass is 16.4. The summed E-state index contributed by atoms with van der Waals surface area (Å²) in [5, 5.41) is 8.60. The molecule has 1 rings (SSSR count). The monoisotopic (exact) mass is 296 g/mol. The van der Waals surface area contributed by atoms with Gasteiger partial charge in [-0.15, -0.1) is 0 Å². The minimum atomic E-state index is -2.01. The van der Waals surface area contributed by atoms with E-state index < -0.39 is 17.6 Å². The van der Waals surface area contributed by atoms with Crippen molar-refractivity contribution in [3.05, 3.63) is 35.9 Å². The van der Waals surface area contributed by atoms with Gasteiger partial charge in [-0.3, -0.25) is 4.79 Å². The van der Waals surface area contributed by atoms with Gasteiger partial charge in [-0.1, -0.05) is 37.3 Å². The molecular weight excluding hydrogens is 272 g/mol. The minimum absolute atomic E-state index is 0.0879. The number of carboxylic acids is 1. The van der Waals surface area contributed by atoms with Gasteiger partial charge in [0.25, 0.3) is 0 Å². The molecule has 1 unspecified atom stereocenters. The Morgan fingerprint density at radius 3 is 2.05 bits per heavy atom. The topological polar surface area (TPSA) is 158 Å². The number of aliphatic carboxylic acids is 1. The fraction of sp³-hybridized carbons (Fsp3) is 0.429. The average Bonchev–Trinajstić information content (AvgIpc) is 2.48. The Bertz CT molecular complexity index is 449. The third kappa shape index (κ3) is 6.46. The number of benzene rings is 1.